The van der Waals surface area contributed by atoms with Crippen LogP contribution in [-0.4, -0.2) is 46.8 Å². The lowest BCUT2D eigenvalue weighted by molar-refractivity contribution is -0.146. The Morgan fingerprint density at radius 2 is 2.00 bits per heavy atom. The molecule has 20 heavy (non-hydrogen) atoms. The van der Waals surface area contributed by atoms with Crippen LogP contribution in [-0.2, 0) is 16.0 Å². The molecule has 0 amide bonds. The maximum absolute atomic E-state index is 12.6. The fourth-order valence-electron chi connectivity index (χ4n) is 1.42. The molecule has 1 N–H and O–H groups in total. The van der Waals surface area contributed by atoms with Gasteiger partial charge in [0, 0.05) is 12.8 Å². The monoisotopic (exact) mass is 309 g/mol. The normalized spacial score (nSPS) is 12.8. The Balaban J connectivity index is 2.24. The van der Waals surface area contributed by atoms with E-state index < -0.39 is 21.8 Å². The zero-order chi connectivity index (χ0) is 15.0. The van der Waals surface area contributed by atoms with Crippen LogP contribution in [0.25, 0.3) is 5.65 Å². The maximum Gasteiger partial charge on any atom is 0.453 e. The number of sulfone groups is 1. The molecular formula is C9H10F3N5O2S. The number of halogens is 3. The maximum atomic E-state index is 12.6. The van der Waals surface area contributed by atoms with Crippen molar-refractivity contribution in [1.82, 2.24) is 19.8 Å². The van der Waals surface area contributed by atoms with Crippen molar-refractivity contribution in [2.75, 3.05) is 23.9 Å². The molecular weight excluding hydrogens is 299 g/mol. The molecule has 2 heterocycles. The Hall–Kier alpha value is -1.91. The van der Waals surface area contributed by atoms with Crippen LogP contribution in [0.15, 0.2) is 12.1 Å². The van der Waals surface area contributed by atoms with Gasteiger partial charge >= 0.3 is 6.18 Å². The summed E-state index contributed by atoms with van der Waals surface area (Å²) < 4.78 is 60.3. The van der Waals surface area contributed by atoms with Crippen LogP contribution in [0.1, 0.15) is 5.82 Å². The van der Waals surface area contributed by atoms with Gasteiger partial charge in [-0.05, 0) is 12.1 Å². The topological polar surface area (TPSA) is 89.2 Å². The van der Waals surface area contributed by atoms with Gasteiger partial charge in [-0.1, -0.05) is 0 Å². The molecule has 0 unspecified atom stereocenters. The minimum absolute atomic E-state index is 0.0425. The molecule has 0 saturated heterocycles. The molecule has 0 spiro atoms. The Morgan fingerprint density at radius 1 is 1.30 bits per heavy atom. The number of rotatable bonds is 4. The minimum atomic E-state index is -4.67. The second kappa shape index (κ2) is 4.89. The number of nitrogens with zero attached hydrogens (tertiary/aromatic N) is 4. The molecule has 2 rings (SSSR count). The van der Waals surface area contributed by atoms with E-state index in [1.54, 1.807) is 0 Å². The van der Waals surface area contributed by atoms with E-state index in [-0.39, 0.29) is 23.8 Å². The van der Waals surface area contributed by atoms with Crippen molar-refractivity contribution >= 4 is 21.3 Å². The van der Waals surface area contributed by atoms with E-state index in [1.165, 1.54) is 12.1 Å². The zero-order valence-electron chi connectivity index (χ0n) is 10.2. The van der Waals surface area contributed by atoms with Crippen molar-refractivity contribution in [2.45, 2.75) is 6.18 Å². The van der Waals surface area contributed by atoms with Crippen molar-refractivity contribution in [3.63, 3.8) is 0 Å². The molecule has 0 radical (unpaired) electrons. The fourth-order valence-corrected chi connectivity index (χ4v) is 1.90. The zero-order valence-corrected chi connectivity index (χ0v) is 11.0. The Morgan fingerprint density at radius 3 is 2.60 bits per heavy atom. The second-order valence-corrected chi connectivity index (χ2v) is 6.33. The summed E-state index contributed by atoms with van der Waals surface area (Å²) in [6.45, 7) is 0.0425. The van der Waals surface area contributed by atoms with Crippen LogP contribution in [0.4, 0.5) is 19.0 Å². The summed E-state index contributed by atoms with van der Waals surface area (Å²) in [5, 5.41) is 12.7. The minimum Gasteiger partial charge on any atom is -0.368 e. The molecule has 0 bridgehead atoms. The quantitative estimate of drug-likeness (QED) is 0.889. The van der Waals surface area contributed by atoms with Gasteiger partial charge < -0.3 is 5.32 Å². The van der Waals surface area contributed by atoms with E-state index in [9.17, 15) is 21.6 Å². The Kier molecular flexibility index (Phi) is 3.54. The van der Waals surface area contributed by atoms with Gasteiger partial charge in [0.1, 0.15) is 15.7 Å². The lowest BCUT2D eigenvalue weighted by atomic mass is 10.5. The van der Waals surface area contributed by atoms with Crippen molar-refractivity contribution < 1.29 is 21.6 Å². The van der Waals surface area contributed by atoms with Gasteiger partial charge in [-0.25, -0.2) is 8.42 Å². The lowest BCUT2D eigenvalue weighted by Gasteiger charge is -2.06. The number of alkyl halides is 3. The summed E-state index contributed by atoms with van der Waals surface area (Å²) >= 11 is 0. The molecule has 2 aromatic rings. The predicted octanol–water partition coefficient (Wildman–Crippen LogP) is 0.600. The summed E-state index contributed by atoms with van der Waals surface area (Å²) in [5.41, 5.74) is -0.0500. The van der Waals surface area contributed by atoms with Crippen LogP contribution in [0.5, 0.6) is 0 Å². The van der Waals surface area contributed by atoms with Gasteiger partial charge in [0.15, 0.2) is 5.65 Å². The third-order valence-corrected chi connectivity index (χ3v) is 3.24. The molecule has 0 aliphatic carbocycles. The first-order chi connectivity index (χ1) is 9.17. The van der Waals surface area contributed by atoms with Gasteiger partial charge in [-0.15, -0.1) is 15.3 Å². The highest BCUT2D eigenvalue weighted by molar-refractivity contribution is 7.90. The molecule has 0 fully saturated rings. The molecule has 0 atom stereocenters. The largest absolute Gasteiger partial charge is 0.453 e. The van der Waals surface area contributed by atoms with Gasteiger partial charge in [0.05, 0.1) is 5.75 Å². The number of nitrogens with one attached hydrogen (secondary N) is 1. The third-order valence-electron chi connectivity index (χ3n) is 2.30. The predicted molar refractivity (Wildman–Crippen MR) is 64.0 cm³/mol. The molecule has 2 aromatic heterocycles. The smallest absolute Gasteiger partial charge is 0.368 e. The standard InChI is InChI=1S/C9H10F3N5O2S/c1-20(18,19)5-4-13-6-2-3-7-14-15-8(9(10,11)12)17(7)16-6/h2-3H,4-5H2,1H3,(H,13,16). The first-order valence-electron chi connectivity index (χ1n) is 5.38. The van der Waals surface area contributed by atoms with Gasteiger partial charge in [0.25, 0.3) is 5.82 Å². The molecule has 11 heteroatoms. The van der Waals surface area contributed by atoms with Crippen LogP contribution in [0, 0.1) is 0 Å². The molecule has 0 aliphatic heterocycles. The van der Waals surface area contributed by atoms with Gasteiger partial charge in [-0.2, -0.15) is 17.7 Å². The van der Waals surface area contributed by atoms with E-state index in [0.29, 0.717) is 4.52 Å². The van der Waals surface area contributed by atoms with E-state index in [2.05, 4.69) is 20.6 Å². The van der Waals surface area contributed by atoms with Crippen molar-refractivity contribution in [2.24, 2.45) is 0 Å². The summed E-state index contributed by atoms with van der Waals surface area (Å²) in [4.78, 5) is 0. The summed E-state index contributed by atoms with van der Waals surface area (Å²) in [5.74, 6) is -1.29. The average molecular weight is 309 g/mol. The first-order valence-corrected chi connectivity index (χ1v) is 7.44. The summed E-state index contributed by atoms with van der Waals surface area (Å²) in [7, 11) is -3.16. The van der Waals surface area contributed by atoms with Crippen molar-refractivity contribution in [1.29, 1.82) is 0 Å². The summed E-state index contributed by atoms with van der Waals surface area (Å²) in [6, 6.07) is 2.70. The fraction of sp³-hybridized carbons (Fsp3) is 0.444. The molecule has 0 aliphatic rings. The van der Waals surface area contributed by atoms with Gasteiger partial charge in [0.2, 0.25) is 0 Å². The SMILES string of the molecule is CS(=O)(=O)CCNc1ccc2nnc(C(F)(F)F)n2n1. The highest BCUT2D eigenvalue weighted by atomic mass is 32.2. The average Bonchev–Trinajstić information content (AvgIpc) is 2.69. The van der Waals surface area contributed by atoms with E-state index in [0.717, 1.165) is 6.26 Å². The Labute approximate surface area is 111 Å². The number of hydrogen-bond acceptors (Lipinski definition) is 6. The molecule has 7 nitrogen and oxygen atoms in total. The van der Waals surface area contributed by atoms with Crippen LogP contribution >= 0.6 is 0 Å². The first kappa shape index (κ1) is 14.5. The van der Waals surface area contributed by atoms with E-state index in [1.807, 2.05) is 0 Å². The highest BCUT2D eigenvalue weighted by Crippen LogP contribution is 2.27. The number of aromatic nitrogens is 4. The van der Waals surface area contributed by atoms with Crippen LogP contribution in [0.2, 0.25) is 0 Å². The van der Waals surface area contributed by atoms with Crippen LogP contribution < -0.4 is 5.32 Å². The number of fused-ring (bicyclic) bond motifs is 1. The summed E-state index contributed by atoms with van der Waals surface area (Å²) in [6.07, 6.45) is -3.61. The van der Waals surface area contributed by atoms with Gasteiger partial charge in [-0.3, -0.25) is 0 Å². The highest BCUT2D eigenvalue weighted by Gasteiger charge is 2.37. The Bertz CT molecular complexity index is 725. The second-order valence-electron chi connectivity index (χ2n) is 4.07. The molecule has 110 valence electrons. The van der Waals surface area contributed by atoms with E-state index >= 15 is 0 Å². The lowest BCUT2D eigenvalue weighted by Crippen LogP contribution is -2.17. The van der Waals surface area contributed by atoms with E-state index in [4.69, 9.17) is 0 Å². The molecule has 0 saturated carbocycles. The van der Waals surface area contributed by atoms with Crippen molar-refractivity contribution in [3.05, 3.63) is 18.0 Å². The van der Waals surface area contributed by atoms with Crippen LogP contribution in [0.3, 0.4) is 0 Å². The van der Waals surface area contributed by atoms with Crippen molar-refractivity contribution in [3.8, 4) is 0 Å². The number of hydrogen-bond donors (Lipinski definition) is 1. The third kappa shape index (κ3) is 3.35. The molecule has 0 aromatic carbocycles. The number of anilines is 1.